The van der Waals surface area contributed by atoms with E-state index in [-0.39, 0.29) is 0 Å². The Morgan fingerprint density at radius 2 is 2.00 bits per heavy atom. The van der Waals surface area contributed by atoms with Gasteiger partial charge in [-0.1, -0.05) is 0 Å². The topological polar surface area (TPSA) is 80.9 Å². The van der Waals surface area contributed by atoms with Crippen molar-refractivity contribution in [2.24, 2.45) is 0 Å². The molecule has 1 amide bonds. The van der Waals surface area contributed by atoms with Gasteiger partial charge in [-0.3, -0.25) is 9.78 Å². The second-order valence-corrected chi connectivity index (χ2v) is 4.20. The van der Waals surface area contributed by atoms with Gasteiger partial charge in [-0.2, -0.15) is 0 Å². The molecule has 0 aliphatic heterocycles. The Kier molecular flexibility index (Phi) is 3.34. The Balaban J connectivity index is 1.93. The molecule has 1 aromatic heterocycles. The Hall–Kier alpha value is -1.65. The number of nitrogens with one attached hydrogen (secondary N) is 1. The second kappa shape index (κ2) is 4.92. The van der Waals surface area contributed by atoms with Crippen molar-refractivity contribution in [1.29, 1.82) is 0 Å². The highest BCUT2D eigenvalue weighted by Gasteiger charge is 2.22. The van der Waals surface area contributed by atoms with Gasteiger partial charge in [0, 0.05) is 12.0 Å². The second-order valence-electron chi connectivity index (χ2n) is 4.20. The molecule has 0 radical (unpaired) electrons. The minimum atomic E-state index is 0.329. The first kappa shape index (κ1) is 10.9. The highest BCUT2D eigenvalue weighted by atomic mass is 16.1. The average molecular weight is 220 g/mol. The first-order valence-corrected chi connectivity index (χ1v) is 5.56. The SMILES string of the molecule is Nc1cnc(C2CCC(NC=O)CC2)cn1. The van der Waals surface area contributed by atoms with Crippen molar-refractivity contribution >= 4 is 12.2 Å². The third-order valence-corrected chi connectivity index (χ3v) is 3.14. The van der Waals surface area contributed by atoms with Crippen LogP contribution in [0.15, 0.2) is 12.4 Å². The summed E-state index contributed by atoms with van der Waals surface area (Å²) >= 11 is 0. The van der Waals surface area contributed by atoms with Crippen LogP contribution in [0.25, 0.3) is 0 Å². The Bertz CT molecular complexity index is 344. The van der Waals surface area contributed by atoms with Gasteiger partial charge in [-0.25, -0.2) is 4.98 Å². The van der Waals surface area contributed by atoms with E-state index in [0.717, 1.165) is 37.8 Å². The van der Waals surface area contributed by atoms with E-state index in [1.807, 2.05) is 0 Å². The molecule has 1 aromatic rings. The van der Waals surface area contributed by atoms with Crippen LogP contribution in [-0.2, 0) is 4.79 Å². The molecule has 1 saturated carbocycles. The van der Waals surface area contributed by atoms with E-state index in [1.165, 1.54) is 0 Å². The van der Waals surface area contributed by atoms with Gasteiger partial charge in [0.1, 0.15) is 5.82 Å². The molecular formula is C11H16N4O. The predicted octanol–water partition coefficient (Wildman–Crippen LogP) is 0.831. The molecule has 0 saturated heterocycles. The van der Waals surface area contributed by atoms with Gasteiger partial charge in [-0.15, -0.1) is 0 Å². The van der Waals surface area contributed by atoms with E-state index in [0.29, 0.717) is 17.8 Å². The summed E-state index contributed by atoms with van der Waals surface area (Å²) in [5.41, 5.74) is 6.51. The van der Waals surface area contributed by atoms with Gasteiger partial charge in [0.05, 0.1) is 18.1 Å². The number of nitrogens with two attached hydrogens (primary N) is 1. The number of amides is 1. The van der Waals surface area contributed by atoms with Gasteiger partial charge in [-0.05, 0) is 25.7 Å². The van der Waals surface area contributed by atoms with Crippen LogP contribution in [0.1, 0.15) is 37.3 Å². The van der Waals surface area contributed by atoms with Gasteiger partial charge in [0.2, 0.25) is 6.41 Å². The number of aromatic nitrogens is 2. The van der Waals surface area contributed by atoms with E-state index in [9.17, 15) is 4.79 Å². The fraction of sp³-hybridized carbons (Fsp3) is 0.545. The van der Waals surface area contributed by atoms with Gasteiger partial charge < -0.3 is 11.1 Å². The molecule has 1 heterocycles. The summed E-state index contributed by atoms with van der Waals surface area (Å²) < 4.78 is 0. The maximum Gasteiger partial charge on any atom is 0.207 e. The number of carbonyl (C=O) groups excluding carboxylic acids is 1. The number of nitrogens with zero attached hydrogens (tertiary/aromatic N) is 2. The smallest absolute Gasteiger partial charge is 0.207 e. The van der Waals surface area contributed by atoms with Crippen molar-refractivity contribution in [2.75, 3.05) is 5.73 Å². The minimum Gasteiger partial charge on any atom is -0.382 e. The summed E-state index contributed by atoms with van der Waals surface area (Å²) in [4.78, 5) is 18.7. The van der Waals surface area contributed by atoms with Crippen LogP contribution in [0.3, 0.4) is 0 Å². The lowest BCUT2D eigenvalue weighted by atomic mass is 9.84. The quantitative estimate of drug-likeness (QED) is 0.739. The lowest BCUT2D eigenvalue weighted by Gasteiger charge is -2.27. The van der Waals surface area contributed by atoms with Crippen LogP contribution in [-0.4, -0.2) is 22.4 Å². The normalized spacial score (nSPS) is 25.0. The summed E-state index contributed by atoms with van der Waals surface area (Å²) in [6.45, 7) is 0. The Labute approximate surface area is 94.5 Å². The molecule has 2 rings (SSSR count). The zero-order valence-electron chi connectivity index (χ0n) is 9.10. The largest absolute Gasteiger partial charge is 0.382 e. The fourth-order valence-corrected chi connectivity index (χ4v) is 2.21. The molecule has 0 atom stereocenters. The third kappa shape index (κ3) is 2.48. The standard InChI is InChI=1S/C11H16N4O/c12-11-6-13-10(5-14-11)8-1-3-9(4-2-8)15-7-16/h5-9H,1-4H2,(H2,12,14)(H,15,16). The van der Waals surface area contributed by atoms with Crippen molar-refractivity contribution < 1.29 is 4.79 Å². The summed E-state index contributed by atoms with van der Waals surface area (Å²) in [5.74, 6) is 0.915. The molecule has 5 nitrogen and oxygen atoms in total. The summed E-state index contributed by atoms with van der Waals surface area (Å²) in [5, 5.41) is 2.83. The van der Waals surface area contributed by atoms with Gasteiger partial charge in [0.15, 0.2) is 0 Å². The Morgan fingerprint density at radius 3 is 2.56 bits per heavy atom. The molecular weight excluding hydrogens is 204 g/mol. The minimum absolute atomic E-state index is 0.329. The van der Waals surface area contributed by atoms with E-state index in [4.69, 9.17) is 5.73 Å². The highest BCUT2D eigenvalue weighted by molar-refractivity contribution is 5.46. The molecule has 1 fully saturated rings. The zero-order chi connectivity index (χ0) is 11.4. The first-order valence-electron chi connectivity index (χ1n) is 5.56. The molecule has 0 unspecified atom stereocenters. The lowest BCUT2D eigenvalue weighted by molar-refractivity contribution is -0.110. The predicted molar refractivity (Wildman–Crippen MR) is 60.6 cm³/mol. The molecule has 86 valence electrons. The summed E-state index contributed by atoms with van der Waals surface area (Å²) in [7, 11) is 0. The van der Waals surface area contributed by atoms with Crippen LogP contribution in [0, 0.1) is 0 Å². The van der Waals surface area contributed by atoms with Crippen molar-refractivity contribution in [3.8, 4) is 0 Å². The van der Waals surface area contributed by atoms with Crippen molar-refractivity contribution in [3.63, 3.8) is 0 Å². The van der Waals surface area contributed by atoms with E-state index in [2.05, 4.69) is 15.3 Å². The third-order valence-electron chi connectivity index (χ3n) is 3.14. The highest BCUT2D eigenvalue weighted by Crippen LogP contribution is 2.31. The van der Waals surface area contributed by atoms with Gasteiger partial charge >= 0.3 is 0 Å². The lowest BCUT2D eigenvalue weighted by Crippen LogP contribution is -2.31. The number of carbonyl (C=O) groups is 1. The molecule has 3 N–H and O–H groups in total. The average Bonchev–Trinajstić information content (AvgIpc) is 2.32. The van der Waals surface area contributed by atoms with Crippen LogP contribution in [0.5, 0.6) is 0 Å². The van der Waals surface area contributed by atoms with Crippen molar-refractivity contribution in [1.82, 2.24) is 15.3 Å². The fourth-order valence-electron chi connectivity index (χ4n) is 2.21. The van der Waals surface area contributed by atoms with Crippen LogP contribution in [0.4, 0.5) is 5.82 Å². The van der Waals surface area contributed by atoms with Gasteiger partial charge in [0.25, 0.3) is 0 Å². The monoisotopic (exact) mass is 220 g/mol. The number of rotatable bonds is 3. The molecule has 1 aliphatic carbocycles. The molecule has 5 heteroatoms. The summed E-state index contributed by atoms with van der Waals surface area (Å²) in [6.07, 6.45) is 8.26. The Morgan fingerprint density at radius 1 is 1.25 bits per heavy atom. The van der Waals surface area contributed by atoms with Crippen LogP contribution in [0.2, 0.25) is 0 Å². The van der Waals surface area contributed by atoms with E-state index < -0.39 is 0 Å². The molecule has 1 aliphatic rings. The molecule has 0 spiro atoms. The number of hydrogen-bond acceptors (Lipinski definition) is 4. The molecule has 0 bridgehead atoms. The van der Waals surface area contributed by atoms with E-state index in [1.54, 1.807) is 12.4 Å². The van der Waals surface area contributed by atoms with Crippen molar-refractivity contribution in [2.45, 2.75) is 37.6 Å². The maximum atomic E-state index is 10.3. The first-order chi connectivity index (χ1) is 7.79. The van der Waals surface area contributed by atoms with E-state index >= 15 is 0 Å². The summed E-state index contributed by atoms with van der Waals surface area (Å²) in [6, 6.07) is 0.329. The number of anilines is 1. The van der Waals surface area contributed by atoms with Crippen LogP contribution < -0.4 is 11.1 Å². The number of nitrogen functional groups attached to an aromatic ring is 1. The maximum absolute atomic E-state index is 10.3. The molecule has 0 aromatic carbocycles. The number of hydrogen-bond donors (Lipinski definition) is 2. The van der Waals surface area contributed by atoms with Crippen molar-refractivity contribution in [3.05, 3.63) is 18.1 Å². The zero-order valence-corrected chi connectivity index (χ0v) is 9.10. The van der Waals surface area contributed by atoms with Crippen LogP contribution >= 0.6 is 0 Å². The molecule has 16 heavy (non-hydrogen) atoms.